The van der Waals surface area contributed by atoms with Gasteiger partial charge in [0.2, 0.25) is 0 Å². The van der Waals surface area contributed by atoms with Crippen molar-refractivity contribution in [1.82, 2.24) is 10.2 Å². The lowest BCUT2D eigenvalue weighted by atomic mass is 9.75. The summed E-state index contributed by atoms with van der Waals surface area (Å²) < 4.78 is 5.59. The highest BCUT2D eigenvalue weighted by Gasteiger charge is 2.32. The number of piperidine rings is 1. The van der Waals surface area contributed by atoms with Gasteiger partial charge in [-0.15, -0.1) is 0 Å². The number of amides is 1. The Morgan fingerprint density at radius 2 is 1.96 bits per heavy atom. The average Bonchev–Trinajstić information content (AvgIpc) is 2.42. The highest BCUT2D eigenvalue weighted by atomic mass is 16.6. The van der Waals surface area contributed by atoms with Crippen LogP contribution in [-0.4, -0.2) is 41.8 Å². The molecule has 1 amide bonds. The van der Waals surface area contributed by atoms with Gasteiger partial charge >= 0.3 is 6.09 Å². The maximum Gasteiger partial charge on any atom is 0.410 e. The van der Waals surface area contributed by atoms with Crippen molar-refractivity contribution >= 4 is 6.09 Å². The fraction of sp³-hybridized carbons (Fsp3) is 0.947. The molecule has 2 rings (SSSR count). The largest absolute Gasteiger partial charge is 0.444 e. The van der Waals surface area contributed by atoms with Crippen LogP contribution in [0.25, 0.3) is 0 Å². The summed E-state index contributed by atoms with van der Waals surface area (Å²) >= 11 is 0. The molecular weight excluding hydrogens is 288 g/mol. The van der Waals surface area contributed by atoms with Crippen LogP contribution < -0.4 is 5.32 Å². The average molecular weight is 325 g/mol. The third-order valence-corrected chi connectivity index (χ3v) is 5.10. The second kappa shape index (κ2) is 7.42. The van der Waals surface area contributed by atoms with E-state index in [9.17, 15) is 4.79 Å². The SMILES string of the molecule is CC1(C)CCCC(NCC2CCCCN2C(=O)OC(C)(C)C)C1. The monoisotopic (exact) mass is 324 g/mol. The van der Waals surface area contributed by atoms with Gasteiger partial charge in [0.1, 0.15) is 5.60 Å². The first kappa shape index (κ1) is 18.6. The van der Waals surface area contributed by atoms with Crippen molar-refractivity contribution in [2.24, 2.45) is 5.41 Å². The Balaban J connectivity index is 1.87. The van der Waals surface area contributed by atoms with Crippen LogP contribution in [0.3, 0.4) is 0 Å². The van der Waals surface area contributed by atoms with Crippen molar-refractivity contribution in [1.29, 1.82) is 0 Å². The zero-order valence-corrected chi connectivity index (χ0v) is 15.8. The van der Waals surface area contributed by atoms with Gasteiger partial charge < -0.3 is 15.0 Å². The molecule has 1 aliphatic carbocycles. The number of rotatable bonds is 3. The van der Waals surface area contributed by atoms with E-state index in [4.69, 9.17) is 4.74 Å². The molecule has 0 aromatic carbocycles. The van der Waals surface area contributed by atoms with Crippen molar-refractivity contribution < 1.29 is 9.53 Å². The van der Waals surface area contributed by atoms with Gasteiger partial charge in [0.25, 0.3) is 0 Å². The van der Waals surface area contributed by atoms with Crippen molar-refractivity contribution in [3.63, 3.8) is 0 Å². The minimum absolute atomic E-state index is 0.145. The van der Waals surface area contributed by atoms with Crippen molar-refractivity contribution in [3.05, 3.63) is 0 Å². The molecule has 2 unspecified atom stereocenters. The quantitative estimate of drug-likeness (QED) is 0.840. The summed E-state index contributed by atoms with van der Waals surface area (Å²) in [6.07, 6.45) is 8.39. The lowest BCUT2D eigenvalue weighted by Crippen LogP contribution is -2.52. The summed E-state index contributed by atoms with van der Waals surface area (Å²) in [5, 5.41) is 3.75. The summed E-state index contributed by atoms with van der Waals surface area (Å²) in [5.74, 6) is 0. The van der Waals surface area contributed by atoms with E-state index >= 15 is 0 Å². The minimum atomic E-state index is -0.417. The molecule has 0 radical (unpaired) electrons. The predicted octanol–water partition coefficient (Wildman–Crippen LogP) is 4.33. The molecule has 2 aliphatic rings. The number of nitrogens with zero attached hydrogens (tertiary/aromatic N) is 1. The number of nitrogens with one attached hydrogen (secondary N) is 1. The molecule has 2 fully saturated rings. The molecular formula is C19H36N2O2. The van der Waals surface area contributed by atoms with E-state index in [-0.39, 0.29) is 12.1 Å². The Hall–Kier alpha value is -0.770. The van der Waals surface area contributed by atoms with Crippen LogP contribution in [0.4, 0.5) is 4.79 Å². The van der Waals surface area contributed by atoms with Crippen LogP contribution in [0.1, 0.15) is 79.6 Å². The fourth-order valence-electron chi connectivity index (χ4n) is 3.95. The number of hydrogen-bond donors (Lipinski definition) is 1. The summed E-state index contributed by atoms with van der Waals surface area (Å²) in [4.78, 5) is 14.4. The maximum atomic E-state index is 12.5. The molecule has 23 heavy (non-hydrogen) atoms. The van der Waals surface area contributed by atoms with Gasteiger partial charge in [-0.1, -0.05) is 20.3 Å². The van der Waals surface area contributed by atoms with Gasteiger partial charge in [-0.25, -0.2) is 4.79 Å². The lowest BCUT2D eigenvalue weighted by Gasteiger charge is -2.40. The number of carbonyl (C=O) groups is 1. The summed E-state index contributed by atoms with van der Waals surface area (Å²) in [5.41, 5.74) is 0.0350. The van der Waals surface area contributed by atoms with E-state index in [0.717, 1.165) is 25.9 Å². The van der Waals surface area contributed by atoms with Gasteiger partial charge in [0.05, 0.1) is 0 Å². The molecule has 0 spiro atoms. The Morgan fingerprint density at radius 1 is 1.22 bits per heavy atom. The van der Waals surface area contributed by atoms with Crippen molar-refractivity contribution in [2.45, 2.75) is 97.2 Å². The smallest absolute Gasteiger partial charge is 0.410 e. The Labute approximate surface area is 142 Å². The molecule has 1 saturated carbocycles. The van der Waals surface area contributed by atoms with Crippen LogP contribution in [-0.2, 0) is 4.74 Å². The second-order valence-electron chi connectivity index (χ2n) is 9.19. The van der Waals surface area contributed by atoms with Gasteiger partial charge in [-0.2, -0.15) is 0 Å². The van der Waals surface area contributed by atoms with Gasteiger partial charge in [-0.3, -0.25) is 0 Å². The third-order valence-electron chi connectivity index (χ3n) is 5.10. The molecule has 1 saturated heterocycles. The number of ether oxygens (including phenoxy) is 1. The molecule has 4 nitrogen and oxygen atoms in total. The third kappa shape index (κ3) is 5.98. The summed E-state index contributed by atoms with van der Waals surface area (Å²) in [7, 11) is 0. The van der Waals surface area contributed by atoms with Crippen LogP contribution in [0.5, 0.6) is 0 Å². The molecule has 1 N–H and O–H groups in total. The van der Waals surface area contributed by atoms with Gasteiger partial charge in [0, 0.05) is 25.2 Å². The zero-order valence-electron chi connectivity index (χ0n) is 15.8. The van der Waals surface area contributed by atoms with Crippen molar-refractivity contribution in [3.8, 4) is 0 Å². The number of hydrogen-bond acceptors (Lipinski definition) is 3. The molecule has 0 bridgehead atoms. The topological polar surface area (TPSA) is 41.6 Å². The van der Waals surface area contributed by atoms with Gasteiger partial charge in [-0.05, 0) is 64.7 Å². The zero-order chi connectivity index (χ0) is 17.1. The van der Waals surface area contributed by atoms with Gasteiger partial charge in [0.15, 0.2) is 0 Å². The van der Waals surface area contributed by atoms with E-state index in [2.05, 4.69) is 19.2 Å². The predicted molar refractivity (Wildman–Crippen MR) is 94.6 cm³/mol. The molecule has 0 aromatic heterocycles. The van der Waals surface area contributed by atoms with E-state index in [1.165, 1.54) is 32.1 Å². The molecule has 0 aromatic rings. The summed E-state index contributed by atoms with van der Waals surface area (Å²) in [6, 6.07) is 0.879. The van der Waals surface area contributed by atoms with Crippen LogP contribution in [0, 0.1) is 5.41 Å². The highest BCUT2D eigenvalue weighted by Crippen LogP contribution is 2.35. The minimum Gasteiger partial charge on any atom is -0.444 e. The fourth-order valence-corrected chi connectivity index (χ4v) is 3.95. The number of likely N-dealkylation sites (tertiary alicyclic amines) is 1. The van der Waals surface area contributed by atoms with Crippen LogP contribution in [0.15, 0.2) is 0 Å². The Bertz CT molecular complexity index is 401. The second-order valence-corrected chi connectivity index (χ2v) is 9.19. The molecule has 134 valence electrons. The molecule has 2 atom stereocenters. The normalized spacial score (nSPS) is 28.5. The van der Waals surface area contributed by atoms with E-state index in [1.807, 2.05) is 25.7 Å². The highest BCUT2D eigenvalue weighted by molar-refractivity contribution is 5.68. The van der Waals surface area contributed by atoms with E-state index in [0.29, 0.717) is 11.5 Å². The Morgan fingerprint density at radius 3 is 2.61 bits per heavy atom. The standard InChI is InChI=1S/C19H36N2O2/c1-18(2,3)23-17(22)21-12-7-6-10-16(21)14-20-15-9-8-11-19(4,5)13-15/h15-16,20H,6-14H2,1-5H3. The summed E-state index contributed by atoms with van der Waals surface area (Å²) in [6.45, 7) is 12.3. The number of carbonyl (C=O) groups excluding carboxylic acids is 1. The van der Waals surface area contributed by atoms with Crippen LogP contribution in [0.2, 0.25) is 0 Å². The molecule has 4 heteroatoms. The maximum absolute atomic E-state index is 12.5. The molecule has 1 heterocycles. The lowest BCUT2D eigenvalue weighted by molar-refractivity contribution is 0.00923. The first-order valence-corrected chi connectivity index (χ1v) is 9.39. The van der Waals surface area contributed by atoms with E-state index in [1.54, 1.807) is 0 Å². The van der Waals surface area contributed by atoms with Crippen molar-refractivity contribution in [2.75, 3.05) is 13.1 Å². The molecule has 1 aliphatic heterocycles. The first-order valence-electron chi connectivity index (χ1n) is 9.39. The van der Waals surface area contributed by atoms with Crippen LogP contribution >= 0.6 is 0 Å². The van der Waals surface area contributed by atoms with E-state index < -0.39 is 5.60 Å². The Kier molecular flexibility index (Phi) is 5.99. The first-order chi connectivity index (χ1) is 10.7.